The molecule has 4 aromatic rings. The fourth-order valence-electron chi connectivity index (χ4n) is 3.15. The lowest BCUT2D eigenvalue weighted by molar-refractivity contribution is 0.0691. The number of benzene rings is 3. The molecule has 3 aromatic carbocycles. The second-order valence-corrected chi connectivity index (χ2v) is 7.22. The van der Waals surface area contributed by atoms with E-state index in [0.29, 0.717) is 10.9 Å². The molecular formula is C26H27N3O3. The number of hydrogen-bond acceptors (Lipinski definition) is 4. The van der Waals surface area contributed by atoms with Gasteiger partial charge in [0.05, 0.1) is 0 Å². The molecular weight excluding hydrogens is 402 g/mol. The Hall–Kier alpha value is -3.74. The quantitative estimate of drug-likeness (QED) is 0.320. The molecule has 0 bridgehead atoms. The van der Waals surface area contributed by atoms with Gasteiger partial charge in [-0.2, -0.15) is 0 Å². The van der Waals surface area contributed by atoms with Gasteiger partial charge in [-0.1, -0.05) is 72.8 Å². The summed E-state index contributed by atoms with van der Waals surface area (Å²) < 4.78 is 0. The highest BCUT2D eigenvalue weighted by Gasteiger charge is 2.06. The second-order valence-electron chi connectivity index (χ2n) is 7.22. The SMILES string of the molecule is O=C(O)c1cc(=O)c2ccccc2[nH]1.c1ccc(CNCCNCc2ccccc2)cc1. The number of rotatable bonds is 8. The Kier molecular flexibility index (Phi) is 8.74. The van der Waals surface area contributed by atoms with Gasteiger partial charge in [-0.3, -0.25) is 4.79 Å². The first-order valence-electron chi connectivity index (χ1n) is 10.5. The van der Waals surface area contributed by atoms with E-state index in [2.05, 4.69) is 64.1 Å². The van der Waals surface area contributed by atoms with Crippen LogP contribution in [0.25, 0.3) is 10.9 Å². The van der Waals surface area contributed by atoms with Gasteiger partial charge < -0.3 is 20.7 Å². The number of aromatic nitrogens is 1. The Balaban J connectivity index is 0.000000186. The van der Waals surface area contributed by atoms with Crippen molar-refractivity contribution in [2.75, 3.05) is 13.1 Å². The zero-order chi connectivity index (χ0) is 22.6. The Morgan fingerprint density at radius 3 is 1.78 bits per heavy atom. The summed E-state index contributed by atoms with van der Waals surface area (Å²) in [5.41, 5.74) is 2.84. The fraction of sp³-hybridized carbons (Fsp3) is 0.154. The van der Waals surface area contributed by atoms with Crippen LogP contribution in [0.15, 0.2) is 95.8 Å². The van der Waals surface area contributed by atoms with Crippen LogP contribution >= 0.6 is 0 Å². The topological polar surface area (TPSA) is 94.2 Å². The zero-order valence-corrected chi connectivity index (χ0v) is 17.8. The van der Waals surface area contributed by atoms with E-state index in [4.69, 9.17) is 5.11 Å². The number of fused-ring (bicyclic) bond motifs is 1. The van der Waals surface area contributed by atoms with Gasteiger partial charge in [0.1, 0.15) is 5.69 Å². The molecule has 6 heteroatoms. The summed E-state index contributed by atoms with van der Waals surface area (Å²) in [7, 11) is 0. The second kappa shape index (κ2) is 12.2. The number of H-pyrrole nitrogens is 1. The van der Waals surface area contributed by atoms with Gasteiger partial charge in [-0.05, 0) is 23.3 Å². The molecule has 0 saturated heterocycles. The number of carboxylic acids is 1. The third kappa shape index (κ3) is 7.19. The van der Waals surface area contributed by atoms with Crippen LogP contribution in [0.5, 0.6) is 0 Å². The van der Waals surface area contributed by atoms with Gasteiger partial charge in [0.15, 0.2) is 5.43 Å². The largest absolute Gasteiger partial charge is 0.477 e. The van der Waals surface area contributed by atoms with Crippen LogP contribution in [0.1, 0.15) is 21.6 Å². The molecule has 0 aliphatic carbocycles. The molecule has 0 atom stereocenters. The highest BCUT2D eigenvalue weighted by molar-refractivity contribution is 5.89. The van der Waals surface area contributed by atoms with Crippen LogP contribution in [0.4, 0.5) is 0 Å². The van der Waals surface area contributed by atoms with Gasteiger partial charge >= 0.3 is 5.97 Å². The summed E-state index contributed by atoms with van der Waals surface area (Å²) in [6, 6.07) is 28.8. The fourth-order valence-corrected chi connectivity index (χ4v) is 3.15. The molecule has 4 rings (SSSR count). The van der Waals surface area contributed by atoms with Crippen molar-refractivity contribution in [3.63, 3.8) is 0 Å². The molecule has 4 N–H and O–H groups in total. The number of hydrogen-bond donors (Lipinski definition) is 4. The van der Waals surface area contributed by atoms with Crippen LogP contribution in [0, 0.1) is 0 Å². The number of carbonyl (C=O) groups is 1. The van der Waals surface area contributed by atoms with Gasteiger partial charge in [-0.25, -0.2) is 4.79 Å². The predicted octanol–water partition coefficient (Wildman–Crippen LogP) is 3.79. The van der Waals surface area contributed by atoms with Gasteiger partial charge in [-0.15, -0.1) is 0 Å². The van der Waals surface area contributed by atoms with E-state index in [1.165, 1.54) is 11.1 Å². The van der Waals surface area contributed by atoms with Crippen LogP contribution in [-0.2, 0) is 13.1 Å². The molecule has 0 amide bonds. The van der Waals surface area contributed by atoms with E-state index in [-0.39, 0.29) is 11.1 Å². The minimum Gasteiger partial charge on any atom is -0.477 e. The molecule has 0 unspecified atom stereocenters. The molecule has 0 spiro atoms. The van der Waals surface area contributed by atoms with Crippen molar-refractivity contribution >= 4 is 16.9 Å². The van der Waals surface area contributed by atoms with Crippen molar-refractivity contribution in [3.05, 3.63) is 118 Å². The average molecular weight is 430 g/mol. The van der Waals surface area contributed by atoms with E-state index in [0.717, 1.165) is 32.2 Å². The third-order valence-electron chi connectivity index (χ3n) is 4.79. The van der Waals surface area contributed by atoms with E-state index in [1.54, 1.807) is 24.3 Å². The average Bonchev–Trinajstić information content (AvgIpc) is 2.83. The van der Waals surface area contributed by atoms with Crippen LogP contribution < -0.4 is 16.1 Å². The maximum Gasteiger partial charge on any atom is 0.352 e. The summed E-state index contributed by atoms with van der Waals surface area (Å²) in [6.07, 6.45) is 0. The minimum absolute atomic E-state index is 0.0892. The highest BCUT2D eigenvalue weighted by Crippen LogP contribution is 2.06. The standard InChI is InChI=1S/C16H20N2.C10H7NO3/c1-3-7-15(8-4-1)13-17-11-12-18-14-16-9-5-2-6-10-16;12-9-5-8(10(13)14)11-7-4-2-1-3-6(7)9/h1-10,17-18H,11-14H2;1-5H,(H,11,12)(H,13,14). The monoisotopic (exact) mass is 429 g/mol. The van der Waals surface area contributed by atoms with Crippen molar-refractivity contribution in [2.45, 2.75) is 13.1 Å². The van der Waals surface area contributed by atoms with Crippen molar-refractivity contribution in [1.82, 2.24) is 15.6 Å². The number of para-hydroxylation sites is 1. The van der Waals surface area contributed by atoms with Crippen molar-refractivity contribution in [3.8, 4) is 0 Å². The Morgan fingerprint density at radius 2 is 1.25 bits per heavy atom. The summed E-state index contributed by atoms with van der Waals surface area (Å²) in [5.74, 6) is -1.13. The molecule has 1 aromatic heterocycles. The van der Waals surface area contributed by atoms with Crippen molar-refractivity contribution in [1.29, 1.82) is 0 Å². The van der Waals surface area contributed by atoms with Gasteiger partial charge in [0, 0.05) is 43.1 Å². The Morgan fingerprint density at radius 1 is 0.750 bits per heavy atom. The van der Waals surface area contributed by atoms with Crippen molar-refractivity contribution < 1.29 is 9.90 Å². The predicted molar refractivity (Wildman–Crippen MR) is 128 cm³/mol. The molecule has 0 aliphatic heterocycles. The van der Waals surface area contributed by atoms with Gasteiger partial charge in [0.25, 0.3) is 0 Å². The molecule has 0 aliphatic rings. The van der Waals surface area contributed by atoms with E-state index >= 15 is 0 Å². The van der Waals surface area contributed by atoms with Gasteiger partial charge in [0.2, 0.25) is 0 Å². The molecule has 1 heterocycles. The molecule has 164 valence electrons. The summed E-state index contributed by atoms with van der Waals surface area (Å²) in [6.45, 7) is 3.85. The Labute approximate surface area is 186 Å². The lowest BCUT2D eigenvalue weighted by Gasteiger charge is -2.06. The van der Waals surface area contributed by atoms with E-state index in [1.807, 2.05) is 12.1 Å². The van der Waals surface area contributed by atoms with Crippen LogP contribution in [-0.4, -0.2) is 29.1 Å². The number of pyridine rings is 1. The van der Waals surface area contributed by atoms with Crippen molar-refractivity contribution in [2.24, 2.45) is 0 Å². The normalized spacial score (nSPS) is 10.4. The molecule has 6 nitrogen and oxygen atoms in total. The van der Waals surface area contributed by atoms with Crippen LogP contribution in [0.2, 0.25) is 0 Å². The first-order chi connectivity index (χ1) is 15.6. The first-order valence-corrected chi connectivity index (χ1v) is 10.5. The number of aromatic carboxylic acids is 1. The number of carboxylic acid groups (broad SMARTS) is 1. The number of nitrogens with one attached hydrogen (secondary N) is 3. The maximum atomic E-state index is 11.4. The molecule has 0 radical (unpaired) electrons. The van der Waals surface area contributed by atoms with Crippen LogP contribution in [0.3, 0.4) is 0 Å². The van der Waals surface area contributed by atoms with E-state index in [9.17, 15) is 9.59 Å². The third-order valence-corrected chi connectivity index (χ3v) is 4.79. The summed E-state index contributed by atoms with van der Waals surface area (Å²) >= 11 is 0. The smallest absolute Gasteiger partial charge is 0.352 e. The lowest BCUT2D eigenvalue weighted by Crippen LogP contribution is -2.26. The highest BCUT2D eigenvalue weighted by atomic mass is 16.4. The summed E-state index contributed by atoms with van der Waals surface area (Å²) in [4.78, 5) is 24.7. The number of aromatic amines is 1. The summed E-state index contributed by atoms with van der Waals surface area (Å²) in [5, 5.41) is 16.0. The lowest BCUT2D eigenvalue weighted by atomic mass is 10.2. The molecule has 0 fully saturated rings. The Bertz CT molecular complexity index is 1130. The molecule has 32 heavy (non-hydrogen) atoms. The minimum atomic E-state index is -1.13. The molecule has 0 saturated carbocycles. The maximum absolute atomic E-state index is 11.4. The first kappa shape index (κ1) is 22.9. The zero-order valence-electron chi connectivity index (χ0n) is 17.8. The van der Waals surface area contributed by atoms with E-state index < -0.39 is 5.97 Å².